The topological polar surface area (TPSA) is 99.7 Å². The average Bonchev–Trinajstić information content (AvgIpc) is 2.47. The van der Waals surface area contributed by atoms with Crippen LogP contribution in [0.2, 0.25) is 0 Å². The first-order valence-electron chi connectivity index (χ1n) is 5.14. The van der Waals surface area contributed by atoms with Crippen LogP contribution in [0.3, 0.4) is 0 Å². The van der Waals surface area contributed by atoms with E-state index in [0.29, 0.717) is 22.9 Å². The van der Waals surface area contributed by atoms with Crippen LogP contribution in [-0.4, -0.2) is 27.0 Å². The molecule has 7 heteroatoms. The highest BCUT2D eigenvalue weighted by molar-refractivity contribution is 6.10. The van der Waals surface area contributed by atoms with E-state index in [2.05, 4.69) is 10.5 Å². The third-order valence-electron chi connectivity index (χ3n) is 2.21. The van der Waals surface area contributed by atoms with E-state index < -0.39 is 0 Å². The second-order valence-electron chi connectivity index (χ2n) is 3.20. The minimum absolute atomic E-state index is 0.295. The van der Waals surface area contributed by atoms with Crippen LogP contribution in [0, 0.1) is 22.7 Å². The molecule has 1 aromatic rings. The molecule has 0 bridgehead atoms. The number of anilines is 1. The molecule has 1 N–H and O–H groups in total. The second kappa shape index (κ2) is 6.72. The van der Waals surface area contributed by atoms with Gasteiger partial charge in [-0.15, -0.1) is 0 Å². The predicted molar refractivity (Wildman–Crippen MR) is 68.4 cm³/mol. The molecule has 0 spiro atoms. The maximum Gasteiger partial charge on any atom is 0.237 e. The number of rotatable bonds is 5. The molecule has 1 aromatic carbocycles. The maximum atomic E-state index is 8.59. The Morgan fingerprint density at radius 3 is 2.00 bits per heavy atom. The zero-order chi connectivity index (χ0) is 14.3. The quantitative estimate of drug-likeness (QED) is 0.636. The van der Waals surface area contributed by atoms with Crippen LogP contribution in [-0.2, 0) is 0 Å². The molecule has 98 valence electrons. The predicted octanol–water partition coefficient (Wildman–Crippen LogP) is 1.53. The van der Waals surface area contributed by atoms with Crippen LogP contribution in [0.5, 0.6) is 17.2 Å². The fraction of sp³-hybridized carbons (Fsp3) is 0.250. The molecule has 0 aliphatic heterocycles. The summed E-state index contributed by atoms with van der Waals surface area (Å²) >= 11 is 0. The molecule has 1 rings (SSSR count). The number of ether oxygens (including phenoxy) is 3. The van der Waals surface area contributed by atoms with Crippen molar-refractivity contribution in [1.29, 1.82) is 10.5 Å². The van der Waals surface area contributed by atoms with Crippen molar-refractivity contribution in [1.82, 2.24) is 0 Å². The molecule has 0 atom stereocenters. The summed E-state index contributed by atoms with van der Waals surface area (Å²) in [6.07, 6.45) is 0. The van der Waals surface area contributed by atoms with Gasteiger partial charge in [-0.05, 0) is 0 Å². The SMILES string of the molecule is COc1cc(OC)c(OC)cc1NN=C(C#N)C#N. The van der Waals surface area contributed by atoms with E-state index in [9.17, 15) is 0 Å². The van der Waals surface area contributed by atoms with Gasteiger partial charge in [0.2, 0.25) is 5.71 Å². The van der Waals surface area contributed by atoms with Crippen molar-refractivity contribution < 1.29 is 14.2 Å². The van der Waals surface area contributed by atoms with Gasteiger partial charge in [0.05, 0.1) is 21.3 Å². The van der Waals surface area contributed by atoms with Gasteiger partial charge >= 0.3 is 0 Å². The largest absolute Gasteiger partial charge is 0.494 e. The Balaban J connectivity index is 3.17. The maximum absolute atomic E-state index is 8.59. The lowest BCUT2D eigenvalue weighted by atomic mass is 10.2. The van der Waals surface area contributed by atoms with Gasteiger partial charge in [-0.1, -0.05) is 0 Å². The lowest BCUT2D eigenvalue weighted by molar-refractivity contribution is 0.349. The van der Waals surface area contributed by atoms with Crippen LogP contribution in [0.25, 0.3) is 0 Å². The van der Waals surface area contributed by atoms with Crippen LogP contribution in [0.1, 0.15) is 0 Å². The van der Waals surface area contributed by atoms with E-state index in [4.69, 9.17) is 24.7 Å². The first kappa shape index (κ1) is 14.1. The molecule has 0 radical (unpaired) electrons. The number of nitrogens with zero attached hydrogens (tertiary/aromatic N) is 3. The number of hydrazone groups is 1. The van der Waals surface area contributed by atoms with E-state index in [-0.39, 0.29) is 5.71 Å². The van der Waals surface area contributed by atoms with Crippen LogP contribution < -0.4 is 19.6 Å². The van der Waals surface area contributed by atoms with E-state index in [1.54, 1.807) is 24.3 Å². The molecule has 0 saturated carbocycles. The van der Waals surface area contributed by atoms with Gasteiger partial charge in [0.1, 0.15) is 23.6 Å². The van der Waals surface area contributed by atoms with Crippen molar-refractivity contribution in [2.75, 3.05) is 26.8 Å². The fourth-order valence-electron chi connectivity index (χ4n) is 1.31. The monoisotopic (exact) mass is 260 g/mol. The standard InChI is InChI=1S/C12H12N4O3/c1-17-10-5-12(19-3)11(18-2)4-9(10)16-15-8(6-13)7-14/h4-5,16H,1-3H3. The molecular formula is C12H12N4O3. The smallest absolute Gasteiger partial charge is 0.237 e. The third-order valence-corrected chi connectivity index (χ3v) is 2.21. The summed E-state index contributed by atoms with van der Waals surface area (Å²) in [7, 11) is 4.48. The van der Waals surface area contributed by atoms with Crippen molar-refractivity contribution >= 4 is 11.4 Å². The molecule has 0 heterocycles. The molecule has 0 saturated heterocycles. The highest BCUT2D eigenvalue weighted by atomic mass is 16.5. The summed E-state index contributed by atoms with van der Waals surface area (Å²) in [5, 5.41) is 20.8. The minimum atomic E-state index is -0.295. The number of benzene rings is 1. The van der Waals surface area contributed by atoms with Gasteiger partial charge in [0.15, 0.2) is 11.5 Å². The van der Waals surface area contributed by atoms with Gasteiger partial charge in [-0.25, -0.2) is 0 Å². The number of hydrogen-bond donors (Lipinski definition) is 1. The van der Waals surface area contributed by atoms with Gasteiger partial charge in [-0.2, -0.15) is 15.6 Å². The fourth-order valence-corrected chi connectivity index (χ4v) is 1.31. The zero-order valence-corrected chi connectivity index (χ0v) is 10.7. The summed E-state index contributed by atoms with van der Waals surface area (Å²) in [5.74, 6) is 1.41. The molecule has 0 aromatic heterocycles. The van der Waals surface area contributed by atoms with Crippen molar-refractivity contribution in [3.05, 3.63) is 12.1 Å². The van der Waals surface area contributed by atoms with Crippen molar-refractivity contribution in [3.8, 4) is 29.4 Å². The van der Waals surface area contributed by atoms with E-state index >= 15 is 0 Å². The molecule has 0 aliphatic rings. The van der Waals surface area contributed by atoms with E-state index in [0.717, 1.165) is 0 Å². The molecule has 0 amide bonds. The summed E-state index contributed by atoms with van der Waals surface area (Å²) in [5.41, 5.74) is 2.73. The van der Waals surface area contributed by atoms with Crippen LogP contribution >= 0.6 is 0 Å². The Bertz CT molecular complexity index is 554. The number of nitrogens with one attached hydrogen (secondary N) is 1. The zero-order valence-electron chi connectivity index (χ0n) is 10.7. The molecule has 0 unspecified atom stereocenters. The van der Waals surface area contributed by atoms with Crippen LogP contribution in [0.4, 0.5) is 5.69 Å². The Labute approximate surface area is 110 Å². The van der Waals surface area contributed by atoms with Crippen molar-refractivity contribution in [2.45, 2.75) is 0 Å². The Morgan fingerprint density at radius 1 is 1.00 bits per heavy atom. The molecule has 19 heavy (non-hydrogen) atoms. The first-order chi connectivity index (χ1) is 9.19. The van der Waals surface area contributed by atoms with Gasteiger partial charge in [0.25, 0.3) is 0 Å². The van der Waals surface area contributed by atoms with Gasteiger partial charge < -0.3 is 14.2 Å². The molecule has 0 fully saturated rings. The first-order valence-corrected chi connectivity index (χ1v) is 5.14. The van der Waals surface area contributed by atoms with Gasteiger partial charge in [-0.3, -0.25) is 5.43 Å². The van der Waals surface area contributed by atoms with Gasteiger partial charge in [0, 0.05) is 12.1 Å². The number of methoxy groups -OCH3 is 3. The minimum Gasteiger partial charge on any atom is -0.494 e. The van der Waals surface area contributed by atoms with E-state index in [1.807, 2.05) is 0 Å². The Kier molecular flexibility index (Phi) is 5.00. The van der Waals surface area contributed by atoms with E-state index in [1.165, 1.54) is 21.3 Å². The summed E-state index contributed by atoms with van der Waals surface area (Å²) in [6.45, 7) is 0. The third kappa shape index (κ3) is 3.27. The molecule has 0 aliphatic carbocycles. The summed E-state index contributed by atoms with van der Waals surface area (Å²) in [4.78, 5) is 0. The highest BCUT2D eigenvalue weighted by Crippen LogP contribution is 2.37. The number of hydrogen-bond acceptors (Lipinski definition) is 7. The lowest BCUT2D eigenvalue weighted by Gasteiger charge is -2.13. The normalized spacial score (nSPS) is 8.68. The highest BCUT2D eigenvalue weighted by Gasteiger charge is 2.11. The molecular weight excluding hydrogens is 248 g/mol. The second-order valence-corrected chi connectivity index (χ2v) is 3.20. The lowest BCUT2D eigenvalue weighted by Crippen LogP contribution is -2.00. The Morgan fingerprint density at radius 2 is 1.53 bits per heavy atom. The summed E-state index contributed by atoms with van der Waals surface area (Å²) < 4.78 is 15.4. The van der Waals surface area contributed by atoms with Crippen molar-refractivity contribution in [3.63, 3.8) is 0 Å². The average molecular weight is 260 g/mol. The number of nitriles is 2. The van der Waals surface area contributed by atoms with Crippen LogP contribution in [0.15, 0.2) is 17.2 Å². The Hall–Kier alpha value is -2.93. The molecule has 7 nitrogen and oxygen atoms in total. The van der Waals surface area contributed by atoms with Crippen molar-refractivity contribution in [2.24, 2.45) is 5.10 Å². The summed E-state index contributed by atoms with van der Waals surface area (Å²) in [6, 6.07) is 6.48.